The topological polar surface area (TPSA) is 71.3 Å². The monoisotopic (exact) mass is 410 g/mol. The maximum Gasteiger partial charge on any atom is 0.266 e. The van der Waals surface area contributed by atoms with Gasteiger partial charge in [-0.15, -0.1) is 0 Å². The van der Waals surface area contributed by atoms with Crippen LogP contribution in [0.25, 0.3) is 6.08 Å². The van der Waals surface area contributed by atoms with Gasteiger partial charge in [0.15, 0.2) is 0 Å². The van der Waals surface area contributed by atoms with Crippen LogP contribution in [0.4, 0.5) is 5.69 Å². The second-order valence-electron chi connectivity index (χ2n) is 4.98. The van der Waals surface area contributed by atoms with Crippen LogP contribution in [0.3, 0.4) is 0 Å². The molecule has 5 nitrogen and oxygen atoms in total. The second-order valence-corrected chi connectivity index (χ2v) is 6.20. The molecule has 0 spiro atoms. The maximum absolute atomic E-state index is 12.4. The first-order valence-electron chi connectivity index (χ1n) is 7.19. The van der Waals surface area contributed by atoms with Crippen molar-refractivity contribution in [1.29, 1.82) is 5.26 Å². The number of rotatable bonds is 5. The van der Waals surface area contributed by atoms with E-state index in [0.717, 1.165) is 0 Å². The lowest BCUT2D eigenvalue weighted by molar-refractivity contribution is -0.112. The van der Waals surface area contributed by atoms with Gasteiger partial charge in [0.05, 0.1) is 29.3 Å². The number of carbonyl (C=O) groups is 1. The van der Waals surface area contributed by atoms with Crippen molar-refractivity contribution in [3.63, 3.8) is 0 Å². The average molecular weight is 412 g/mol. The van der Waals surface area contributed by atoms with E-state index in [9.17, 15) is 10.1 Å². The molecule has 0 fully saturated rings. The van der Waals surface area contributed by atoms with Crippen LogP contribution in [-0.4, -0.2) is 20.1 Å². The highest BCUT2D eigenvalue weighted by Crippen LogP contribution is 2.34. The minimum atomic E-state index is -0.611. The Morgan fingerprint density at radius 3 is 2.31 bits per heavy atom. The molecule has 0 aromatic heterocycles. The van der Waals surface area contributed by atoms with Crippen LogP contribution in [0.15, 0.2) is 35.9 Å². The fraction of sp³-hybridized carbons (Fsp3) is 0.111. The summed E-state index contributed by atoms with van der Waals surface area (Å²) < 4.78 is 10.4. The van der Waals surface area contributed by atoms with Gasteiger partial charge in [-0.25, -0.2) is 0 Å². The number of ether oxygens (including phenoxy) is 2. The van der Waals surface area contributed by atoms with Crippen molar-refractivity contribution in [3.8, 4) is 17.6 Å². The molecule has 0 heterocycles. The summed E-state index contributed by atoms with van der Waals surface area (Å²) in [4.78, 5) is 12.4. The van der Waals surface area contributed by atoms with Gasteiger partial charge in [0.1, 0.15) is 23.1 Å². The van der Waals surface area contributed by atoms with Gasteiger partial charge in [-0.3, -0.25) is 4.79 Å². The van der Waals surface area contributed by atoms with Gasteiger partial charge in [0.2, 0.25) is 0 Å². The summed E-state index contributed by atoms with van der Waals surface area (Å²) in [6.45, 7) is 0. The van der Waals surface area contributed by atoms with Gasteiger partial charge in [0.25, 0.3) is 5.91 Å². The van der Waals surface area contributed by atoms with E-state index in [0.29, 0.717) is 32.8 Å². The summed E-state index contributed by atoms with van der Waals surface area (Å²) in [5, 5.41) is 12.9. The molecule has 0 atom stereocenters. The largest absolute Gasteiger partial charge is 0.496 e. The molecular weight excluding hydrogens is 399 g/mol. The molecule has 0 aliphatic carbocycles. The van der Waals surface area contributed by atoms with Gasteiger partial charge in [-0.05, 0) is 30.3 Å². The fourth-order valence-electron chi connectivity index (χ4n) is 2.07. The zero-order chi connectivity index (χ0) is 19.3. The Hall–Kier alpha value is -2.39. The second kappa shape index (κ2) is 8.81. The zero-order valence-corrected chi connectivity index (χ0v) is 16.0. The summed E-state index contributed by atoms with van der Waals surface area (Å²) >= 11 is 17.9. The Bertz CT molecular complexity index is 921. The van der Waals surface area contributed by atoms with Crippen LogP contribution in [0.1, 0.15) is 5.56 Å². The Labute approximate surface area is 165 Å². The highest BCUT2D eigenvalue weighted by molar-refractivity contribution is 6.42. The highest BCUT2D eigenvalue weighted by atomic mass is 35.5. The van der Waals surface area contributed by atoms with Crippen molar-refractivity contribution in [3.05, 3.63) is 56.5 Å². The molecule has 0 aliphatic rings. The summed E-state index contributed by atoms with van der Waals surface area (Å²) in [6, 6.07) is 9.58. The van der Waals surface area contributed by atoms with Gasteiger partial charge >= 0.3 is 0 Å². The van der Waals surface area contributed by atoms with Crippen LogP contribution in [-0.2, 0) is 4.79 Å². The first-order chi connectivity index (χ1) is 12.4. The predicted octanol–water partition coefficient (Wildman–Crippen LogP) is 5.21. The van der Waals surface area contributed by atoms with Crippen molar-refractivity contribution in [2.45, 2.75) is 0 Å². The third kappa shape index (κ3) is 4.61. The van der Waals surface area contributed by atoms with Gasteiger partial charge in [0, 0.05) is 17.3 Å². The van der Waals surface area contributed by atoms with Crippen LogP contribution < -0.4 is 14.8 Å². The number of hydrogen-bond acceptors (Lipinski definition) is 4. The van der Waals surface area contributed by atoms with Crippen molar-refractivity contribution in [2.24, 2.45) is 0 Å². The maximum atomic E-state index is 12.4. The summed E-state index contributed by atoms with van der Waals surface area (Å²) in [6.07, 6.45) is 1.37. The number of nitrogens with zero attached hydrogens (tertiary/aromatic N) is 1. The molecule has 2 aromatic carbocycles. The molecule has 2 rings (SSSR count). The molecule has 8 heteroatoms. The SMILES string of the molecule is COc1cc(OC)c(/C=C(\C#N)C(=O)Nc2ccc(Cl)c(Cl)c2)cc1Cl. The van der Waals surface area contributed by atoms with E-state index >= 15 is 0 Å². The molecule has 1 amide bonds. The molecule has 0 bridgehead atoms. The van der Waals surface area contributed by atoms with Crippen molar-refractivity contribution in [1.82, 2.24) is 0 Å². The first kappa shape index (κ1) is 19.9. The van der Waals surface area contributed by atoms with Crippen LogP contribution in [0.2, 0.25) is 15.1 Å². The predicted molar refractivity (Wildman–Crippen MR) is 103 cm³/mol. The number of halogens is 3. The van der Waals surface area contributed by atoms with Crippen molar-refractivity contribution < 1.29 is 14.3 Å². The normalized spacial score (nSPS) is 10.8. The lowest BCUT2D eigenvalue weighted by atomic mass is 10.1. The Morgan fingerprint density at radius 2 is 1.73 bits per heavy atom. The Kier molecular flexibility index (Phi) is 6.76. The quantitative estimate of drug-likeness (QED) is 0.541. The van der Waals surface area contributed by atoms with Crippen LogP contribution in [0, 0.1) is 11.3 Å². The fourth-order valence-corrected chi connectivity index (χ4v) is 2.62. The lowest BCUT2D eigenvalue weighted by Crippen LogP contribution is -2.13. The molecule has 26 heavy (non-hydrogen) atoms. The van der Waals surface area contributed by atoms with E-state index in [1.165, 1.54) is 26.4 Å². The van der Waals surface area contributed by atoms with Crippen molar-refractivity contribution >= 4 is 52.5 Å². The molecule has 134 valence electrons. The molecule has 0 saturated carbocycles. The van der Waals surface area contributed by atoms with Crippen molar-refractivity contribution in [2.75, 3.05) is 19.5 Å². The van der Waals surface area contributed by atoms with E-state index < -0.39 is 5.91 Å². The number of nitrogens with one attached hydrogen (secondary N) is 1. The molecule has 0 aliphatic heterocycles. The smallest absolute Gasteiger partial charge is 0.266 e. The standard InChI is InChI=1S/C18H13Cl3N2O3/c1-25-16-8-17(26-2)15(21)6-10(16)5-11(9-22)18(24)23-12-3-4-13(19)14(20)7-12/h3-8H,1-2H3,(H,23,24)/b11-5+. The first-order valence-corrected chi connectivity index (χ1v) is 8.32. The minimum absolute atomic E-state index is 0.143. The van der Waals surface area contributed by atoms with E-state index in [2.05, 4.69) is 5.32 Å². The number of hydrogen-bond donors (Lipinski definition) is 1. The third-order valence-electron chi connectivity index (χ3n) is 3.35. The number of carbonyl (C=O) groups excluding carboxylic acids is 1. The molecule has 0 saturated heterocycles. The van der Waals surface area contributed by atoms with Crippen LogP contribution in [0.5, 0.6) is 11.5 Å². The summed E-state index contributed by atoms with van der Waals surface area (Å²) in [7, 11) is 2.93. The van der Waals surface area contributed by atoms with Crippen LogP contribution >= 0.6 is 34.8 Å². The minimum Gasteiger partial charge on any atom is -0.496 e. The van der Waals surface area contributed by atoms with E-state index in [1.807, 2.05) is 6.07 Å². The number of methoxy groups -OCH3 is 2. The molecule has 1 N–H and O–H groups in total. The van der Waals surface area contributed by atoms with E-state index in [1.54, 1.807) is 24.3 Å². The molecular formula is C18H13Cl3N2O3. The van der Waals surface area contributed by atoms with E-state index in [-0.39, 0.29) is 10.6 Å². The lowest BCUT2D eigenvalue weighted by Gasteiger charge is -2.10. The van der Waals surface area contributed by atoms with E-state index in [4.69, 9.17) is 44.3 Å². The summed E-state index contributed by atoms with van der Waals surface area (Å²) in [5.74, 6) is 0.209. The Balaban J connectivity index is 2.35. The number of benzene rings is 2. The summed E-state index contributed by atoms with van der Waals surface area (Å²) in [5.41, 5.74) is 0.722. The van der Waals surface area contributed by atoms with Gasteiger partial charge in [-0.2, -0.15) is 5.26 Å². The number of amides is 1. The number of anilines is 1. The molecule has 0 radical (unpaired) electrons. The molecule has 0 unspecified atom stereocenters. The highest BCUT2D eigenvalue weighted by Gasteiger charge is 2.14. The average Bonchev–Trinajstić information content (AvgIpc) is 2.62. The number of nitriles is 1. The van der Waals surface area contributed by atoms with Gasteiger partial charge in [-0.1, -0.05) is 34.8 Å². The molecule has 2 aromatic rings. The zero-order valence-electron chi connectivity index (χ0n) is 13.8. The Morgan fingerprint density at radius 1 is 1.04 bits per heavy atom. The third-order valence-corrected chi connectivity index (χ3v) is 4.38. The van der Waals surface area contributed by atoms with Gasteiger partial charge < -0.3 is 14.8 Å².